The molecule has 0 saturated heterocycles. The van der Waals surface area contributed by atoms with Crippen LogP contribution >= 0.6 is 0 Å². The molecule has 0 bridgehead atoms. The molecule has 1 N–H and O–H groups in total. The number of aryl methyl sites for hydroxylation is 2. The summed E-state index contributed by atoms with van der Waals surface area (Å²) in [6.45, 7) is 5.10. The van der Waals surface area contributed by atoms with Crippen molar-refractivity contribution in [3.63, 3.8) is 0 Å². The second kappa shape index (κ2) is 5.89. The van der Waals surface area contributed by atoms with Gasteiger partial charge in [0.1, 0.15) is 0 Å². The van der Waals surface area contributed by atoms with Gasteiger partial charge in [-0.3, -0.25) is 0 Å². The molecule has 3 aromatic rings. The van der Waals surface area contributed by atoms with Crippen molar-refractivity contribution in [3.05, 3.63) is 34.9 Å². The standard InChI is InChI=1S/C18H23N5/c1-12-8-9-14-10-15(11-19-16-6-4-3-5-7-16)18-20-21-22-23(18)17(14)13(12)2/h8-10,16,19H,3-7,11H2,1-2H3. The van der Waals surface area contributed by atoms with Gasteiger partial charge in [-0.1, -0.05) is 31.4 Å². The van der Waals surface area contributed by atoms with E-state index in [4.69, 9.17) is 0 Å². The van der Waals surface area contributed by atoms with E-state index in [0.717, 1.165) is 17.7 Å². The molecule has 120 valence electrons. The van der Waals surface area contributed by atoms with Crippen molar-refractivity contribution < 1.29 is 0 Å². The van der Waals surface area contributed by atoms with Crippen LogP contribution in [-0.2, 0) is 6.54 Å². The van der Waals surface area contributed by atoms with Gasteiger partial charge in [0, 0.05) is 23.5 Å². The van der Waals surface area contributed by atoms with E-state index in [1.807, 2.05) is 4.52 Å². The molecule has 1 aliphatic rings. The van der Waals surface area contributed by atoms with Crippen molar-refractivity contribution >= 4 is 16.6 Å². The van der Waals surface area contributed by atoms with Gasteiger partial charge in [0.2, 0.25) is 0 Å². The fourth-order valence-electron chi connectivity index (χ4n) is 3.70. The van der Waals surface area contributed by atoms with Crippen LogP contribution in [0.5, 0.6) is 0 Å². The van der Waals surface area contributed by atoms with Crippen molar-refractivity contribution in [2.24, 2.45) is 0 Å². The Morgan fingerprint density at radius 3 is 2.83 bits per heavy atom. The lowest BCUT2D eigenvalue weighted by molar-refractivity contribution is 0.372. The maximum atomic E-state index is 4.27. The van der Waals surface area contributed by atoms with E-state index in [9.17, 15) is 0 Å². The van der Waals surface area contributed by atoms with Gasteiger partial charge >= 0.3 is 0 Å². The maximum absolute atomic E-state index is 4.27. The van der Waals surface area contributed by atoms with Crippen LogP contribution in [0.4, 0.5) is 0 Å². The van der Waals surface area contributed by atoms with Crippen molar-refractivity contribution in [3.8, 4) is 0 Å². The largest absolute Gasteiger partial charge is 0.310 e. The zero-order chi connectivity index (χ0) is 15.8. The third-order valence-electron chi connectivity index (χ3n) is 5.22. The average Bonchev–Trinajstić information content (AvgIpc) is 3.06. The Bertz CT molecular complexity index is 845. The summed E-state index contributed by atoms with van der Waals surface area (Å²) in [5, 5.41) is 17.3. The van der Waals surface area contributed by atoms with Crippen LogP contribution in [0.2, 0.25) is 0 Å². The first-order valence-electron chi connectivity index (χ1n) is 8.57. The number of hydrogen-bond acceptors (Lipinski definition) is 4. The molecule has 0 aliphatic heterocycles. The van der Waals surface area contributed by atoms with Crippen molar-refractivity contribution in [1.82, 2.24) is 25.4 Å². The molecule has 0 radical (unpaired) electrons. The topological polar surface area (TPSA) is 55.1 Å². The lowest BCUT2D eigenvalue weighted by Gasteiger charge is -2.23. The van der Waals surface area contributed by atoms with E-state index in [1.54, 1.807) is 0 Å². The van der Waals surface area contributed by atoms with Crippen molar-refractivity contribution in [2.45, 2.75) is 58.5 Å². The van der Waals surface area contributed by atoms with Gasteiger partial charge in [0.05, 0.1) is 5.52 Å². The third kappa shape index (κ3) is 2.59. The predicted octanol–water partition coefficient (Wildman–Crippen LogP) is 3.32. The average molecular weight is 309 g/mol. The van der Waals surface area contributed by atoms with Crippen LogP contribution in [-0.4, -0.2) is 26.1 Å². The summed E-state index contributed by atoms with van der Waals surface area (Å²) in [4.78, 5) is 0. The summed E-state index contributed by atoms with van der Waals surface area (Å²) < 4.78 is 1.90. The second-order valence-electron chi connectivity index (χ2n) is 6.75. The number of pyridine rings is 1. The summed E-state index contributed by atoms with van der Waals surface area (Å²) >= 11 is 0. The summed E-state index contributed by atoms with van der Waals surface area (Å²) in [5.41, 5.74) is 5.67. The minimum absolute atomic E-state index is 0.634. The Morgan fingerprint density at radius 2 is 2.00 bits per heavy atom. The normalized spacial score (nSPS) is 16.4. The highest BCUT2D eigenvalue weighted by atomic mass is 15.5. The Labute approximate surface area is 136 Å². The van der Waals surface area contributed by atoms with Crippen LogP contribution in [0.25, 0.3) is 16.6 Å². The molecular formula is C18H23N5. The quantitative estimate of drug-likeness (QED) is 0.806. The molecule has 1 fully saturated rings. The van der Waals surface area contributed by atoms with Gasteiger partial charge in [-0.2, -0.15) is 4.52 Å². The van der Waals surface area contributed by atoms with E-state index in [2.05, 4.69) is 52.9 Å². The Balaban J connectivity index is 1.74. The lowest BCUT2D eigenvalue weighted by Crippen LogP contribution is -2.30. The van der Waals surface area contributed by atoms with E-state index < -0.39 is 0 Å². The van der Waals surface area contributed by atoms with Crippen LogP contribution in [0.1, 0.15) is 48.8 Å². The van der Waals surface area contributed by atoms with E-state index >= 15 is 0 Å². The van der Waals surface area contributed by atoms with Crippen LogP contribution in [0.3, 0.4) is 0 Å². The van der Waals surface area contributed by atoms with Crippen LogP contribution < -0.4 is 5.32 Å². The number of hydrogen-bond donors (Lipinski definition) is 1. The van der Waals surface area contributed by atoms with E-state index in [-0.39, 0.29) is 0 Å². The molecule has 2 heterocycles. The molecule has 1 aliphatic carbocycles. The lowest BCUT2D eigenvalue weighted by atomic mass is 9.95. The van der Waals surface area contributed by atoms with Gasteiger partial charge in [0.15, 0.2) is 5.65 Å². The molecule has 5 nitrogen and oxygen atoms in total. The van der Waals surface area contributed by atoms with Crippen molar-refractivity contribution in [2.75, 3.05) is 0 Å². The first kappa shape index (κ1) is 14.6. The van der Waals surface area contributed by atoms with Crippen molar-refractivity contribution in [1.29, 1.82) is 0 Å². The van der Waals surface area contributed by atoms with Gasteiger partial charge in [-0.25, -0.2) is 0 Å². The number of nitrogens with one attached hydrogen (secondary N) is 1. The SMILES string of the molecule is Cc1ccc2cc(CNC3CCCCC3)c3nnnn3c2c1C. The fourth-order valence-corrected chi connectivity index (χ4v) is 3.70. The zero-order valence-corrected chi connectivity index (χ0v) is 13.8. The van der Waals surface area contributed by atoms with Crippen LogP contribution in [0.15, 0.2) is 18.2 Å². The van der Waals surface area contributed by atoms with E-state index in [1.165, 1.54) is 54.2 Å². The van der Waals surface area contributed by atoms with Crippen LogP contribution in [0, 0.1) is 13.8 Å². The monoisotopic (exact) mass is 309 g/mol. The molecule has 5 heteroatoms. The highest BCUT2D eigenvalue weighted by molar-refractivity contribution is 5.86. The second-order valence-corrected chi connectivity index (χ2v) is 6.75. The van der Waals surface area contributed by atoms with Gasteiger partial charge in [0.25, 0.3) is 0 Å². The summed E-state index contributed by atoms with van der Waals surface area (Å²) in [7, 11) is 0. The number of nitrogens with zero attached hydrogens (tertiary/aromatic N) is 4. The number of benzene rings is 1. The number of tetrazole rings is 1. The number of aromatic nitrogens is 4. The molecule has 1 saturated carbocycles. The number of fused-ring (bicyclic) bond motifs is 3. The fraction of sp³-hybridized carbons (Fsp3) is 0.500. The van der Waals surface area contributed by atoms with Gasteiger partial charge in [-0.15, -0.1) is 5.10 Å². The molecule has 4 rings (SSSR count). The molecule has 0 spiro atoms. The minimum Gasteiger partial charge on any atom is -0.310 e. The zero-order valence-electron chi connectivity index (χ0n) is 13.8. The molecule has 0 amide bonds. The highest BCUT2D eigenvalue weighted by Gasteiger charge is 2.16. The molecule has 1 aromatic carbocycles. The predicted molar refractivity (Wildman–Crippen MR) is 91.5 cm³/mol. The Hall–Kier alpha value is -2.01. The van der Waals surface area contributed by atoms with E-state index in [0.29, 0.717) is 6.04 Å². The summed E-state index contributed by atoms with van der Waals surface area (Å²) in [6, 6.07) is 7.22. The van der Waals surface area contributed by atoms with Gasteiger partial charge < -0.3 is 5.32 Å². The first-order valence-corrected chi connectivity index (χ1v) is 8.57. The molecular weight excluding hydrogens is 286 g/mol. The first-order chi connectivity index (χ1) is 11.2. The highest BCUT2D eigenvalue weighted by Crippen LogP contribution is 2.25. The molecule has 2 aromatic heterocycles. The Kier molecular flexibility index (Phi) is 3.73. The molecule has 0 unspecified atom stereocenters. The Morgan fingerprint density at radius 1 is 1.17 bits per heavy atom. The summed E-state index contributed by atoms with van der Waals surface area (Å²) in [6.07, 6.45) is 6.64. The maximum Gasteiger partial charge on any atom is 0.184 e. The smallest absolute Gasteiger partial charge is 0.184 e. The molecule has 23 heavy (non-hydrogen) atoms. The summed E-state index contributed by atoms with van der Waals surface area (Å²) in [5.74, 6) is 0. The number of rotatable bonds is 3. The molecule has 0 atom stereocenters. The minimum atomic E-state index is 0.634. The van der Waals surface area contributed by atoms with Gasteiger partial charge in [-0.05, 0) is 54.3 Å². The third-order valence-corrected chi connectivity index (χ3v) is 5.22.